The molecule has 0 aliphatic carbocycles. The Morgan fingerprint density at radius 3 is 2.54 bits per heavy atom. The Kier molecular flexibility index (Phi) is 4.11. The normalized spacial score (nSPS) is 10.4. The fourth-order valence-corrected chi connectivity index (χ4v) is 2.11. The molecule has 0 aliphatic rings. The standard InChI is InChI=1S/C16H15N5O3/c1-20(2)13-8-6-11(7-9-13)15-18-19-16(24-15)17-12-4-3-5-14(10-12)21(22)23/h3-10H,1-2H3,(H,17,19). The van der Waals surface area contributed by atoms with E-state index in [4.69, 9.17) is 4.42 Å². The van der Waals surface area contributed by atoms with Gasteiger partial charge in [-0.2, -0.15) is 0 Å². The van der Waals surface area contributed by atoms with Gasteiger partial charge in [0, 0.05) is 43.2 Å². The lowest BCUT2D eigenvalue weighted by atomic mass is 10.2. The Bertz CT molecular complexity index is 858. The van der Waals surface area contributed by atoms with Gasteiger partial charge in [-0.25, -0.2) is 0 Å². The molecule has 8 nitrogen and oxygen atoms in total. The van der Waals surface area contributed by atoms with Gasteiger partial charge in [-0.1, -0.05) is 11.2 Å². The van der Waals surface area contributed by atoms with Crippen molar-refractivity contribution in [1.82, 2.24) is 10.2 Å². The predicted octanol–water partition coefficient (Wildman–Crippen LogP) is 3.45. The zero-order chi connectivity index (χ0) is 17.1. The predicted molar refractivity (Wildman–Crippen MR) is 90.4 cm³/mol. The van der Waals surface area contributed by atoms with Gasteiger partial charge in [0.05, 0.1) is 4.92 Å². The second-order valence-corrected chi connectivity index (χ2v) is 5.29. The van der Waals surface area contributed by atoms with Crippen LogP contribution in [0.3, 0.4) is 0 Å². The summed E-state index contributed by atoms with van der Waals surface area (Å²) in [4.78, 5) is 12.3. The molecule has 0 unspecified atom stereocenters. The summed E-state index contributed by atoms with van der Waals surface area (Å²) < 4.78 is 5.56. The number of nitrogens with one attached hydrogen (secondary N) is 1. The first-order valence-electron chi connectivity index (χ1n) is 7.15. The molecule has 0 fully saturated rings. The Balaban J connectivity index is 1.78. The highest BCUT2D eigenvalue weighted by atomic mass is 16.6. The minimum absolute atomic E-state index is 0.0148. The van der Waals surface area contributed by atoms with Gasteiger partial charge in [0.1, 0.15) is 0 Å². The third-order valence-corrected chi connectivity index (χ3v) is 3.36. The van der Waals surface area contributed by atoms with E-state index in [0.717, 1.165) is 11.3 Å². The maximum absolute atomic E-state index is 10.8. The maximum atomic E-state index is 10.8. The van der Waals surface area contributed by atoms with E-state index in [1.54, 1.807) is 12.1 Å². The van der Waals surface area contributed by atoms with Crippen molar-refractivity contribution in [3.8, 4) is 11.5 Å². The number of nitro groups is 1. The summed E-state index contributed by atoms with van der Waals surface area (Å²) in [5.74, 6) is 0.369. The molecule has 1 aromatic heterocycles. The smallest absolute Gasteiger partial charge is 0.320 e. The van der Waals surface area contributed by atoms with E-state index in [-0.39, 0.29) is 11.7 Å². The Morgan fingerprint density at radius 1 is 1.12 bits per heavy atom. The molecule has 1 N–H and O–H groups in total. The highest BCUT2D eigenvalue weighted by molar-refractivity contribution is 5.61. The minimum atomic E-state index is -0.462. The fraction of sp³-hybridized carbons (Fsp3) is 0.125. The van der Waals surface area contributed by atoms with Crippen molar-refractivity contribution in [2.45, 2.75) is 0 Å². The second kappa shape index (κ2) is 6.37. The van der Waals surface area contributed by atoms with Crippen molar-refractivity contribution in [1.29, 1.82) is 0 Å². The number of nitrogens with zero attached hydrogens (tertiary/aromatic N) is 4. The zero-order valence-corrected chi connectivity index (χ0v) is 13.1. The number of anilines is 3. The summed E-state index contributed by atoms with van der Waals surface area (Å²) in [6, 6.07) is 13.9. The molecule has 0 saturated carbocycles. The minimum Gasteiger partial charge on any atom is -0.403 e. The molecule has 3 rings (SSSR count). The first kappa shape index (κ1) is 15.5. The van der Waals surface area contributed by atoms with E-state index >= 15 is 0 Å². The Hall–Kier alpha value is -3.42. The summed E-state index contributed by atoms with van der Waals surface area (Å²) in [5, 5.41) is 21.6. The van der Waals surface area contributed by atoms with Crippen LogP contribution in [0, 0.1) is 10.1 Å². The first-order valence-corrected chi connectivity index (χ1v) is 7.15. The van der Waals surface area contributed by atoms with Crippen LogP contribution in [0.1, 0.15) is 0 Å². The van der Waals surface area contributed by atoms with Crippen molar-refractivity contribution in [2.75, 3.05) is 24.3 Å². The number of aromatic nitrogens is 2. The summed E-state index contributed by atoms with van der Waals surface area (Å²) >= 11 is 0. The zero-order valence-electron chi connectivity index (χ0n) is 13.1. The van der Waals surface area contributed by atoms with Crippen LogP contribution < -0.4 is 10.2 Å². The van der Waals surface area contributed by atoms with Crippen LogP contribution in [-0.4, -0.2) is 29.2 Å². The highest BCUT2D eigenvalue weighted by Gasteiger charge is 2.11. The van der Waals surface area contributed by atoms with Crippen LogP contribution in [0.2, 0.25) is 0 Å². The number of benzene rings is 2. The van der Waals surface area contributed by atoms with E-state index in [0.29, 0.717) is 11.6 Å². The Morgan fingerprint density at radius 2 is 1.88 bits per heavy atom. The molecule has 3 aromatic rings. The van der Waals surface area contributed by atoms with Crippen molar-refractivity contribution in [3.63, 3.8) is 0 Å². The second-order valence-electron chi connectivity index (χ2n) is 5.29. The van der Waals surface area contributed by atoms with E-state index in [1.807, 2.05) is 43.3 Å². The van der Waals surface area contributed by atoms with Gasteiger partial charge in [-0.15, -0.1) is 5.10 Å². The molecular weight excluding hydrogens is 310 g/mol. The molecule has 0 radical (unpaired) electrons. The van der Waals surface area contributed by atoms with Crippen LogP contribution in [0.25, 0.3) is 11.5 Å². The van der Waals surface area contributed by atoms with Crippen LogP contribution >= 0.6 is 0 Å². The summed E-state index contributed by atoms with van der Waals surface area (Å²) in [7, 11) is 3.92. The van der Waals surface area contributed by atoms with E-state index in [9.17, 15) is 10.1 Å². The third kappa shape index (κ3) is 3.32. The monoisotopic (exact) mass is 325 g/mol. The van der Waals surface area contributed by atoms with Crippen LogP contribution in [0.5, 0.6) is 0 Å². The number of non-ortho nitro benzene ring substituents is 1. The third-order valence-electron chi connectivity index (χ3n) is 3.36. The van der Waals surface area contributed by atoms with Crippen molar-refractivity contribution in [2.24, 2.45) is 0 Å². The summed E-state index contributed by atoms with van der Waals surface area (Å²) in [5.41, 5.74) is 2.34. The summed E-state index contributed by atoms with van der Waals surface area (Å²) in [6.07, 6.45) is 0. The average molecular weight is 325 g/mol. The lowest BCUT2D eigenvalue weighted by Crippen LogP contribution is -2.07. The van der Waals surface area contributed by atoms with Gasteiger partial charge in [0.15, 0.2) is 0 Å². The van der Waals surface area contributed by atoms with Gasteiger partial charge >= 0.3 is 6.01 Å². The first-order chi connectivity index (χ1) is 11.5. The lowest BCUT2D eigenvalue weighted by molar-refractivity contribution is -0.384. The SMILES string of the molecule is CN(C)c1ccc(-c2nnc(Nc3cccc([N+](=O)[O-])c3)o2)cc1. The molecule has 0 aliphatic heterocycles. The maximum Gasteiger partial charge on any atom is 0.320 e. The largest absolute Gasteiger partial charge is 0.403 e. The van der Waals surface area contributed by atoms with Gasteiger partial charge in [0.25, 0.3) is 5.69 Å². The molecule has 0 spiro atoms. The van der Waals surface area contributed by atoms with E-state index in [1.165, 1.54) is 12.1 Å². The lowest BCUT2D eigenvalue weighted by Gasteiger charge is -2.11. The van der Waals surface area contributed by atoms with Crippen molar-refractivity contribution < 1.29 is 9.34 Å². The molecule has 1 heterocycles. The molecule has 0 amide bonds. The van der Waals surface area contributed by atoms with Crippen molar-refractivity contribution in [3.05, 3.63) is 58.6 Å². The molecule has 2 aromatic carbocycles. The molecular formula is C16H15N5O3. The topological polar surface area (TPSA) is 97.3 Å². The fourth-order valence-electron chi connectivity index (χ4n) is 2.11. The number of hydrogen-bond acceptors (Lipinski definition) is 7. The highest BCUT2D eigenvalue weighted by Crippen LogP contribution is 2.25. The molecule has 122 valence electrons. The number of rotatable bonds is 5. The van der Waals surface area contributed by atoms with E-state index < -0.39 is 4.92 Å². The van der Waals surface area contributed by atoms with Crippen LogP contribution in [0.4, 0.5) is 23.1 Å². The van der Waals surface area contributed by atoms with Gasteiger partial charge < -0.3 is 14.6 Å². The van der Waals surface area contributed by atoms with Gasteiger partial charge in [-0.05, 0) is 30.3 Å². The summed E-state index contributed by atoms with van der Waals surface area (Å²) in [6.45, 7) is 0. The average Bonchev–Trinajstić information content (AvgIpc) is 3.03. The molecule has 0 bridgehead atoms. The number of hydrogen-bond donors (Lipinski definition) is 1. The molecule has 24 heavy (non-hydrogen) atoms. The quantitative estimate of drug-likeness (QED) is 0.566. The Labute approximate surface area is 137 Å². The molecule has 8 heteroatoms. The van der Waals surface area contributed by atoms with Gasteiger partial charge in [0.2, 0.25) is 5.89 Å². The number of nitro benzene ring substituents is 1. The van der Waals surface area contributed by atoms with Crippen molar-refractivity contribution >= 4 is 23.1 Å². The van der Waals surface area contributed by atoms with Gasteiger partial charge in [-0.3, -0.25) is 10.1 Å². The molecule has 0 atom stereocenters. The van der Waals surface area contributed by atoms with E-state index in [2.05, 4.69) is 15.5 Å². The van der Waals surface area contributed by atoms with Crippen LogP contribution in [-0.2, 0) is 0 Å². The molecule has 0 saturated heterocycles. The van der Waals surface area contributed by atoms with Crippen LogP contribution in [0.15, 0.2) is 52.9 Å².